The number of carbonyl (C=O) groups is 1. The molecule has 0 saturated carbocycles. The second-order valence-corrected chi connectivity index (χ2v) is 7.24. The van der Waals surface area contributed by atoms with Crippen LogP contribution in [0.25, 0.3) is 22.8 Å². The third kappa shape index (κ3) is 3.90. The number of likely N-dealkylation sites (tertiary alicyclic amines) is 1. The van der Waals surface area contributed by atoms with Gasteiger partial charge in [-0.1, -0.05) is 47.6 Å². The van der Waals surface area contributed by atoms with Gasteiger partial charge >= 0.3 is 0 Å². The Labute approximate surface area is 177 Å². The number of halogens is 1. The number of hydrogen-bond acceptors (Lipinski definition) is 5. The molecular formula is C24H18FN3O3. The van der Waals surface area contributed by atoms with E-state index in [4.69, 9.17) is 9.26 Å². The second kappa shape index (κ2) is 8.02. The first kappa shape index (κ1) is 19.0. The zero-order valence-electron chi connectivity index (χ0n) is 16.4. The lowest BCUT2D eigenvalue weighted by molar-refractivity contribution is 0.0174. The SMILES string of the molecule is O=C(c1ccccc1F)N1CC(Oc2ccc(-c3nc(-c4ccccc4)no3)cc2)C1. The lowest BCUT2D eigenvalue weighted by atomic mass is 10.1. The minimum atomic E-state index is -0.510. The number of nitrogens with zero attached hydrogens (tertiary/aromatic N) is 3. The van der Waals surface area contributed by atoms with Crippen molar-refractivity contribution < 1.29 is 18.4 Å². The normalized spacial score (nSPS) is 13.6. The predicted molar refractivity (Wildman–Crippen MR) is 112 cm³/mol. The molecule has 0 bridgehead atoms. The highest BCUT2D eigenvalue weighted by Gasteiger charge is 2.33. The average Bonchev–Trinajstić information content (AvgIpc) is 3.27. The highest BCUT2D eigenvalue weighted by Crippen LogP contribution is 2.26. The first-order valence-corrected chi connectivity index (χ1v) is 9.87. The van der Waals surface area contributed by atoms with Gasteiger partial charge in [0.2, 0.25) is 5.82 Å². The summed E-state index contributed by atoms with van der Waals surface area (Å²) in [5.41, 5.74) is 1.75. The van der Waals surface area contributed by atoms with Gasteiger partial charge in [0.25, 0.3) is 11.8 Å². The van der Waals surface area contributed by atoms with Gasteiger partial charge in [0.15, 0.2) is 0 Å². The standard InChI is InChI=1S/C24H18FN3O3/c25-21-9-5-4-8-20(21)24(29)28-14-19(15-28)30-18-12-10-17(11-13-18)23-26-22(27-31-23)16-6-2-1-3-7-16/h1-13,19H,14-15H2. The van der Waals surface area contributed by atoms with Crippen LogP contribution in [0.4, 0.5) is 4.39 Å². The summed E-state index contributed by atoms with van der Waals surface area (Å²) in [6.07, 6.45) is -0.130. The van der Waals surface area contributed by atoms with E-state index in [1.54, 1.807) is 17.0 Å². The van der Waals surface area contributed by atoms with Gasteiger partial charge < -0.3 is 14.2 Å². The van der Waals surface area contributed by atoms with Crippen LogP contribution in [0.5, 0.6) is 5.75 Å². The van der Waals surface area contributed by atoms with Gasteiger partial charge in [0.1, 0.15) is 17.7 Å². The van der Waals surface area contributed by atoms with E-state index >= 15 is 0 Å². The van der Waals surface area contributed by atoms with Crippen molar-refractivity contribution in [2.75, 3.05) is 13.1 Å². The summed E-state index contributed by atoms with van der Waals surface area (Å²) in [5.74, 6) is 0.804. The zero-order valence-corrected chi connectivity index (χ0v) is 16.4. The van der Waals surface area contributed by atoms with Crippen molar-refractivity contribution in [3.05, 3.63) is 90.2 Å². The van der Waals surface area contributed by atoms with Gasteiger partial charge in [-0.3, -0.25) is 4.79 Å². The minimum Gasteiger partial charge on any atom is -0.487 e. The Morgan fingerprint density at radius 1 is 0.935 bits per heavy atom. The van der Waals surface area contributed by atoms with Gasteiger partial charge in [-0.05, 0) is 36.4 Å². The molecule has 0 atom stereocenters. The van der Waals surface area contributed by atoms with E-state index in [9.17, 15) is 9.18 Å². The highest BCUT2D eigenvalue weighted by molar-refractivity contribution is 5.95. The van der Waals surface area contributed by atoms with Crippen LogP contribution < -0.4 is 4.74 Å². The fraction of sp³-hybridized carbons (Fsp3) is 0.125. The third-order valence-electron chi connectivity index (χ3n) is 5.10. The van der Waals surface area contributed by atoms with E-state index in [0.717, 1.165) is 11.1 Å². The largest absolute Gasteiger partial charge is 0.487 e. The highest BCUT2D eigenvalue weighted by atomic mass is 19.1. The second-order valence-electron chi connectivity index (χ2n) is 7.24. The first-order chi connectivity index (χ1) is 15.2. The van der Waals surface area contributed by atoms with Crippen LogP contribution in [-0.2, 0) is 0 Å². The van der Waals surface area contributed by atoms with E-state index in [0.29, 0.717) is 30.6 Å². The number of rotatable bonds is 5. The molecule has 0 radical (unpaired) electrons. The summed E-state index contributed by atoms with van der Waals surface area (Å²) >= 11 is 0. The molecule has 0 spiro atoms. The lowest BCUT2D eigenvalue weighted by Crippen LogP contribution is -2.56. The molecule has 4 aromatic rings. The molecule has 2 heterocycles. The van der Waals surface area contributed by atoms with E-state index in [2.05, 4.69) is 10.1 Å². The van der Waals surface area contributed by atoms with Crippen molar-refractivity contribution in [1.29, 1.82) is 0 Å². The Balaban J connectivity index is 1.19. The topological polar surface area (TPSA) is 68.5 Å². The number of aromatic nitrogens is 2. The van der Waals surface area contributed by atoms with E-state index in [-0.39, 0.29) is 17.6 Å². The Hall–Kier alpha value is -4.00. The van der Waals surface area contributed by atoms with Gasteiger partial charge in [-0.15, -0.1) is 0 Å². The fourth-order valence-electron chi connectivity index (χ4n) is 3.40. The van der Waals surface area contributed by atoms with Crippen LogP contribution in [-0.4, -0.2) is 40.1 Å². The number of hydrogen-bond donors (Lipinski definition) is 0. The van der Waals surface area contributed by atoms with Crippen LogP contribution in [0.3, 0.4) is 0 Å². The maximum absolute atomic E-state index is 13.8. The molecule has 0 unspecified atom stereocenters. The minimum absolute atomic E-state index is 0.0831. The molecule has 5 rings (SSSR count). The quantitative estimate of drug-likeness (QED) is 0.482. The summed E-state index contributed by atoms with van der Waals surface area (Å²) < 4.78 is 25.1. The molecule has 1 fully saturated rings. The summed E-state index contributed by atoms with van der Waals surface area (Å²) in [6, 6.07) is 22.9. The van der Waals surface area contributed by atoms with Gasteiger partial charge in [0.05, 0.1) is 18.7 Å². The van der Waals surface area contributed by atoms with Crippen LogP contribution in [0, 0.1) is 5.82 Å². The Morgan fingerprint density at radius 3 is 2.39 bits per heavy atom. The van der Waals surface area contributed by atoms with Crippen molar-refractivity contribution in [3.8, 4) is 28.6 Å². The zero-order chi connectivity index (χ0) is 21.2. The van der Waals surface area contributed by atoms with E-state index in [1.807, 2.05) is 54.6 Å². The maximum atomic E-state index is 13.8. The van der Waals surface area contributed by atoms with Gasteiger partial charge in [-0.2, -0.15) is 4.98 Å². The van der Waals surface area contributed by atoms with Crippen LogP contribution in [0.2, 0.25) is 0 Å². The monoisotopic (exact) mass is 415 g/mol. The molecule has 1 aliphatic rings. The Bertz CT molecular complexity index is 1200. The van der Waals surface area contributed by atoms with Crippen molar-refractivity contribution in [2.45, 2.75) is 6.10 Å². The van der Waals surface area contributed by atoms with E-state index < -0.39 is 5.82 Å². The molecule has 154 valence electrons. The molecule has 31 heavy (non-hydrogen) atoms. The molecule has 1 amide bonds. The molecule has 0 N–H and O–H groups in total. The number of carbonyl (C=O) groups excluding carboxylic acids is 1. The summed E-state index contributed by atoms with van der Waals surface area (Å²) in [4.78, 5) is 18.4. The maximum Gasteiger partial charge on any atom is 0.258 e. The van der Waals surface area contributed by atoms with Crippen molar-refractivity contribution in [2.24, 2.45) is 0 Å². The Morgan fingerprint density at radius 2 is 1.65 bits per heavy atom. The molecular weight excluding hydrogens is 397 g/mol. The molecule has 6 nitrogen and oxygen atoms in total. The molecule has 7 heteroatoms. The smallest absolute Gasteiger partial charge is 0.258 e. The van der Waals surface area contributed by atoms with Crippen LogP contribution in [0.1, 0.15) is 10.4 Å². The third-order valence-corrected chi connectivity index (χ3v) is 5.10. The lowest BCUT2D eigenvalue weighted by Gasteiger charge is -2.39. The molecule has 0 aliphatic carbocycles. The predicted octanol–water partition coefficient (Wildman–Crippen LogP) is 4.45. The summed E-state index contributed by atoms with van der Waals surface area (Å²) in [6.45, 7) is 0.831. The van der Waals surface area contributed by atoms with Crippen LogP contribution in [0.15, 0.2) is 83.4 Å². The number of ether oxygens (including phenoxy) is 1. The van der Waals surface area contributed by atoms with Gasteiger partial charge in [-0.25, -0.2) is 4.39 Å². The number of amides is 1. The van der Waals surface area contributed by atoms with Crippen molar-refractivity contribution in [1.82, 2.24) is 15.0 Å². The first-order valence-electron chi connectivity index (χ1n) is 9.87. The summed E-state index contributed by atoms with van der Waals surface area (Å²) in [7, 11) is 0. The molecule has 1 aliphatic heterocycles. The Kier molecular flexibility index (Phi) is 4.92. The van der Waals surface area contributed by atoms with E-state index in [1.165, 1.54) is 12.1 Å². The van der Waals surface area contributed by atoms with Crippen molar-refractivity contribution >= 4 is 5.91 Å². The van der Waals surface area contributed by atoms with Crippen molar-refractivity contribution in [3.63, 3.8) is 0 Å². The van der Waals surface area contributed by atoms with Gasteiger partial charge in [0, 0.05) is 11.1 Å². The molecule has 1 saturated heterocycles. The number of benzene rings is 3. The molecule has 3 aromatic carbocycles. The van der Waals surface area contributed by atoms with Crippen LogP contribution >= 0.6 is 0 Å². The summed E-state index contributed by atoms with van der Waals surface area (Å²) in [5, 5.41) is 4.03. The molecule has 1 aromatic heterocycles. The average molecular weight is 415 g/mol. The fourth-order valence-corrected chi connectivity index (χ4v) is 3.40.